The van der Waals surface area contributed by atoms with Crippen LogP contribution in [0.4, 0.5) is 17.6 Å². The Morgan fingerprint density at radius 1 is 1.21 bits per heavy atom. The first-order chi connectivity index (χ1) is 13.3. The summed E-state index contributed by atoms with van der Waals surface area (Å²) < 4.78 is 53.0. The molecule has 0 saturated carbocycles. The van der Waals surface area contributed by atoms with Crippen molar-refractivity contribution >= 4 is 5.91 Å². The van der Waals surface area contributed by atoms with Gasteiger partial charge in [-0.1, -0.05) is 6.58 Å². The van der Waals surface area contributed by atoms with E-state index in [0.29, 0.717) is 28.7 Å². The molecular weight excluding hydrogens is 376 g/mol. The highest BCUT2D eigenvalue weighted by Gasteiger charge is 2.32. The number of rotatable bonds is 5. The van der Waals surface area contributed by atoms with Gasteiger partial charge in [-0.2, -0.15) is 18.3 Å². The fourth-order valence-corrected chi connectivity index (χ4v) is 2.46. The Kier molecular flexibility index (Phi) is 5.25. The summed E-state index contributed by atoms with van der Waals surface area (Å²) in [6, 6.07) is 7.04. The van der Waals surface area contributed by atoms with E-state index in [0.717, 1.165) is 17.0 Å². The summed E-state index contributed by atoms with van der Waals surface area (Å²) in [7, 11) is 0. The molecule has 0 fully saturated rings. The first-order valence-corrected chi connectivity index (χ1v) is 8.05. The number of hydrogen-bond donors (Lipinski definition) is 1. The van der Waals surface area contributed by atoms with Gasteiger partial charge in [0.05, 0.1) is 23.1 Å². The van der Waals surface area contributed by atoms with Crippen LogP contribution in [0.5, 0.6) is 0 Å². The van der Waals surface area contributed by atoms with E-state index in [1.165, 1.54) is 36.5 Å². The first kappa shape index (κ1) is 19.3. The maximum absolute atomic E-state index is 13.1. The molecule has 1 N–H and O–H groups in total. The molecule has 0 aliphatic heterocycles. The average molecular weight is 390 g/mol. The third-order valence-electron chi connectivity index (χ3n) is 3.90. The number of alkyl halides is 3. The highest BCUT2D eigenvalue weighted by Crippen LogP contribution is 2.30. The number of carbonyl (C=O) groups is 1. The lowest BCUT2D eigenvalue weighted by Gasteiger charge is -2.12. The largest absolute Gasteiger partial charge is 0.419 e. The molecule has 0 radical (unpaired) electrons. The molecule has 0 aliphatic rings. The summed E-state index contributed by atoms with van der Waals surface area (Å²) in [5.41, 5.74) is 0.825. The monoisotopic (exact) mass is 390 g/mol. The molecule has 1 amide bonds. The van der Waals surface area contributed by atoms with Crippen molar-refractivity contribution in [2.75, 3.05) is 0 Å². The molecular formula is C19H14F4N4O. The van der Waals surface area contributed by atoms with E-state index in [1.54, 1.807) is 0 Å². The maximum atomic E-state index is 13.1. The van der Waals surface area contributed by atoms with Gasteiger partial charge < -0.3 is 5.32 Å². The summed E-state index contributed by atoms with van der Waals surface area (Å²) >= 11 is 0. The molecule has 1 aromatic carbocycles. The Balaban J connectivity index is 2.05. The molecule has 5 nitrogen and oxygen atoms in total. The van der Waals surface area contributed by atoms with Crippen LogP contribution in [0.25, 0.3) is 16.9 Å². The molecule has 0 spiro atoms. The second-order valence-corrected chi connectivity index (χ2v) is 5.80. The Bertz CT molecular complexity index is 1010. The van der Waals surface area contributed by atoms with Crippen LogP contribution in [-0.2, 0) is 17.5 Å². The van der Waals surface area contributed by atoms with Gasteiger partial charge >= 0.3 is 6.18 Å². The number of halogens is 4. The number of nitrogens with one attached hydrogen (secondary N) is 1. The van der Waals surface area contributed by atoms with Crippen molar-refractivity contribution in [3.05, 3.63) is 78.5 Å². The van der Waals surface area contributed by atoms with Gasteiger partial charge in [-0.15, -0.1) is 0 Å². The van der Waals surface area contributed by atoms with E-state index in [2.05, 4.69) is 22.0 Å². The van der Waals surface area contributed by atoms with Crippen LogP contribution in [0.15, 0.2) is 61.6 Å². The zero-order valence-corrected chi connectivity index (χ0v) is 14.4. The van der Waals surface area contributed by atoms with Gasteiger partial charge in [-0.25, -0.2) is 9.07 Å². The Labute approximate surface area is 157 Å². The number of benzene rings is 1. The van der Waals surface area contributed by atoms with Crippen molar-refractivity contribution in [3.63, 3.8) is 0 Å². The van der Waals surface area contributed by atoms with Crippen LogP contribution in [0, 0.1) is 5.82 Å². The van der Waals surface area contributed by atoms with Gasteiger partial charge in [-0.05, 0) is 36.4 Å². The lowest BCUT2D eigenvalue weighted by Crippen LogP contribution is -2.21. The van der Waals surface area contributed by atoms with Crippen molar-refractivity contribution in [1.29, 1.82) is 0 Å². The minimum Gasteiger partial charge on any atom is -0.348 e. The van der Waals surface area contributed by atoms with Crippen LogP contribution < -0.4 is 5.32 Å². The zero-order valence-electron chi connectivity index (χ0n) is 14.4. The molecule has 2 heterocycles. The van der Waals surface area contributed by atoms with Crippen LogP contribution in [0.2, 0.25) is 0 Å². The Morgan fingerprint density at radius 2 is 1.93 bits per heavy atom. The molecule has 144 valence electrons. The summed E-state index contributed by atoms with van der Waals surface area (Å²) in [6.45, 7) is 3.36. The highest BCUT2D eigenvalue weighted by atomic mass is 19.4. The number of nitrogens with zero attached hydrogens (tertiary/aromatic N) is 3. The Morgan fingerprint density at radius 3 is 2.54 bits per heavy atom. The molecule has 3 rings (SSSR count). The van der Waals surface area contributed by atoms with Gasteiger partial charge in [-0.3, -0.25) is 9.78 Å². The van der Waals surface area contributed by atoms with Crippen molar-refractivity contribution < 1.29 is 22.4 Å². The quantitative estimate of drug-likeness (QED) is 0.531. The predicted molar refractivity (Wildman–Crippen MR) is 93.8 cm³/mol. The molecule has 28 heavy (non-hydrogen) atoms. The van der Waals surface area contributed by atoms with Crippen molar-refractivity contribution in [2.45, 2.75) is 12.7 Å². The second-order valence-electron chi connectivity index (χ2n) is 5.80. The fraction of sp³-hybridized carbons (Fsp3) is 0.105. The molecule has 0 bridgehead atoms. The van der Waals surface area contributed by atoms with Gasteiger partial charge in [0.25, 0.3) is 0 Å². The van der Waals surface area contributed by atoms with E-state index in [1.807, 2.05) is 0 Å². The molecule has 9 heteroatoms. The highest BCUT2D eigenvalue weighted by molar-refractivity contribution is 5.86. The fourth-order valence-electron chi connectivity index (χ4n) is 2.46. The number of carbonyl (C=O) groups excluding carboxylic acids is 1. The number of pyridine rings is 1. The van der Waals surface area contributed by atoms with Crippen LogP contribution >= 0.6 is 0 Å². The SMILES string of the molecule is C=CC(=O)NCc1cnc(-c2ccc(F)cc2)cc1-n1cc(C(F)(F)F)cn1. The van der Waals surface area contributed by atoms with Gasteiger partial charge in [0, 0.05) is 30.1 Å². The lowest BCUT2D eigenvalue weighted by atomic mass is 10.1. The normalized spacial score (nSPS) is 11.3. The topological polar surface area (TPSA) is 59.8 Å². The van der Waals surface area contributed by atoms with E-state index in [4.69, 9.17) is 0 Å². The van der Waals surface area contributed by atoms with Gasteiger partial charge in [0.2, 0.25) is 5.91 Å². The summed E-state index contributed by atoms with van der Waals surface area (Å²) in [5.74, 6) is -0.861. The molecule has 0 atom stereocenters. The van der Waals surface area contributed by atoms with Crippen LogP contribution in [0.3, 0.4) is 0 Å². The van der Waals surface area contributed by atoms with Gasteiger partial charge in [0.1, 0.15) is 5.82 Å². The van der Waals surface area contributed by atoms with E-state index in [9.17, 15) is 22.4 Å². The van der Waals surface area contributed by atoms with Crippen LogP contribution in [0.1, 0.15) is 11.1 Å². The first-order valence-electron chi connectivity index (χ1n) is 8.05. The summed E-state index contributed by atoms with van der Waals surface area (Å²) in [5, 5.41) is 6.34. The number of amides is 1. The van der Waals surface area contributed by atoms with E-state index < -0.39 is 23.5 Å². The molecule has 0 unspecified atom stereocenters. The van der Waals surface area contributed by atoms with Gasteiger partial charge in [0.15, 0.2) is 0 Å². The number of hydrogen-bond acceptors (Lipinski definition) is 3. The molecule has 0 saturated heterocycles. The third-order valence-corrected chi connectivity index (χ3v) is 3.90. The molecule has 2 aromatic heterocycles. The predicted octanol–water partition coefficient (Wildman–Crippen LogP) is 3.89. The maximum Gasteiger partial charge on any atom is 0.419 e. The molecule has 0 aliphatic carbocycles. The smallest absolute Gasteiger partial charge is 0.348 e. The number of aromatic nitrogens is 3. The van der Waals surface area contributed by atoms with Crippen molar-refractivity contribution in [1.82, 2.24) is 20.1 Å². The van der Waals surface area contributed by atoms with E-state index in [-0.39, 0.29) is 6.54 Å². The van der Waals surface area contributed by atoms with Crippen molar-refractivity contribution in [2.24, 2.45) is 0 Å². The third kappa shape index (κ3) is 4.25. The van der Waals surface area contributed by atoms with Crippen molar-refractivity contribution in [3.8, 4) is 16.9 Å². The zero-order chi connectivity index (χ0) is 20.3. The summed E-state index contributed by atoms with van der Waals surface area (Å²) in [6.07, 6.45) is -0.475. The lowest BCUT2D eigenvalue weighted by molar-refractivity contribution is -0.137. The minimum absolute atomic E-state index is 0.0120. The minimum atomic E-state index is -4.54. The molecule has 3 aromatic rings. The summed E-state index contributed by atoms with van der Waals surface area (Å²) in [4.78, 5) is 15.7. The van der Waals surface area contributed by atoms with E-state index >= 15 is 0 Å². The Hall–Kier alpha value is -3.49. The standard InChI is InChI=1S/C19H14F4N4O/c1-2-18(28)25-9-13-8-24-16(12-3-5-15(20)6-4-12)7-17(13)27-11-14(10-26-27)19(21,22)23/h2-8,10-11H,1,9H2,(H,25,28). The second kappa shape index (κ2) is 7.63. The average Bonchev–Trinajstić information content (AvgIpc) is 3.17. The van der Waals surface area contributed by atoms with Crippen LogP contribution in [-0.4, -0.2) is 20.7 Å².